The zero-order valence-corrected chi connectivity index (χ0v) is 9.43. The van der Waals surface area contributed by atoms with E-state index in [0.29, 0.717) is 11.5 Å². The van der Waals surface area contributed by atoms with E-state index in [0.717, 1.165) is 11.8 Å². The van der Waals surface area contributed by atoms with Gasteiger partial charge < -0.3 is 5.73 Å². The first-order chi connectivity index (χ1) is 6.33. The molecule has 2 bridgehead atoms. The quantitative estimate of drug-likeness (QED) is 0.616. The fourth-order valence-electron chi connectivity index (χ4n) is 4.15. The van der Waals surface area contributed by atoms with Crippen LogP contribution in [-0.4, -0.2) is 6.04 Å². The Morgan fingerprint density at radius 2 is 2.07 bits per heavy atom. The fourth-order valence-corrected chi connectivity index (χ4v) is 4.15. The first kappa shape index (κ1) is 10.5. The molecule has 0 aliphatic heterocycles. The smallest absolute Gasteiger partial charge is 0.0130 e. The summed E-state index contributed by atoms with van der Waals surface area (Å²) in [4.78, 5) is 0. The molecular weight excluding hydrogens is 194 g/mol. The van der Waals surface area contributed by atoms with Gasteiger partial charge in [0.1, 0.15) is 0 Å². The number of fused-ring (bicyclic) bond motifs is 3. The van der Waals surface area contributed by atoms with E-state index >= 15 is 0 Å². The lowest BCUT2D eigenvalue weighted by Gasteiger charge is -2.43. The van der Waals surface area contributed by atoms with Gasteiger partial charge in [-0.15, -0.1) is 12.4 Å². The van der Waals surface area contributed by atoms with E-state index in [1.165, 1.54) is 38.5 Å². The molecule has 80 valence electrons. The van der Waals surface area contributed by atoms with Crippen LogP contribution >= 0.6 is 12.4 Å². The highest BCUT2D eigenvalue weighted by Crippen LogP contribution is 2.59. The zero-order chi connectivity index (χ0) is 8.89. The van der Waals surface area contributed by atoms with Gasteiger partial charge in [0.2, 0.25) is 0 Å². The summed E-state index contributed by atoms with van der Waals surface area (Å²) in [6, 6.07) is 0.524. The number of hydrogen-bond donors (Lipinski definition) is 1. The van der Waals surface area contributed by atoms with Crippen molar-refractivity contribution in [3.05, 3.63) is 12.2 Å². The highest BCUT2D eigenvalue weighted by molar-refractivity contribution is 5.85. The van der Waals surface area contributed by atoms with Crippen LogP contribution in [0.15, 0.2) is 12.2 Å². The second-order valence-electron chi connectivity index (χ2n) is 5.24. The number of nitrogens with two attached hydrogens (primary N) is 1. The molecule has 0 radical (unpaired) electrons. The van der Waals surface area contributed by atoms with E-state index in [1.807, 2.05) is 0 Å². The summed E-state index contributed by atoms with van der Waals surface area (Å²) < 4.78 is 0. The maximum atomic E-state index is 6.40. The van der Waals surface area contributed by atoms with E-state index in [4.69, 9.17) is 5.73 Å². The lowest BCUT2D eigenvalue weighted by molar-refractivity contribution is 0.117. The van der Waals surface area contributed by atoms with Crippen molar-refractivity contribution in [1.29, 1.82) is 0 Å². The summed E-state index contributed by atoms with van der Waals surface area (Å²) in [5, 5.41) is 0. The average Bonchev–Trinajstić information content (AvgIpc) is 2.73. The first-order valence-electron chi connectivity index (χ1n) is 5.73. The summed E-state index contributed by atoms with van der Waals surface area (Å²) in [5.74, 6) is 1.84. The van der Waals surface area contributed by atoms with Gasteiger partial charge in [0.15, 0.2) is 0 Å². The molecule has 3 rings (SSSR count). The summed E-state index contributed by atoms with van der Waals surface area (Å²) in [6.45, 7) is 0. The van der Waals surface area contributed by atoms with E-state index in [1.54, 1.807) is 0 Å². The Balaban J connectivity index is 0.000000750. The van der Waals surface area contributed by atoms with Gasteiger partial charge in [-0.05, 0) is 55.8 Å². The molecule has 0 amide bonds. The van der Waals surface area contributed by atoms with Crippen molar-refractivity contribution in [1.82, 2.24) is 0 Å². The summed E-state index contributed by atoms with van der Waals surface area (Å²) in [6.07, 6.45) is 12.9. The van der Waals surface area contributed by atoms with Crippen molar-refractivity contribution < 1.29 is 0 Å². The molecule has 0 aromatic rings. The Hall–Kier alpha value is -0.0100. The molecule has 1 nitrogen and oxygen atoms in total. The largest absolute Gasteiger partial charge is 0.327 e. The van der Waals surface area contributed by atoms with Gasteiger partial charge in [0.05, 0.1) is 0 Å². The second-order valence-corrected chi connectivity index (χ2v) is 5.24. The van der Waals surface area contributed by atoms with Crippen LogP contribution in [0.5, 0.6) is 0 Å². The van der Waals surface area contributed by atoms with Crippen LogP contribution in [0.1, 0.15) is 38.5 Å². The van der Waals surface area contributed by atoms with Crippen LogP contribution in [-0.2, 0) is 0 Å². The highest BCUT2D eigenvalue weighted by Gasteiger charge is 2.55. The van der Waals surface area contributed by atoms with Crippen LogP contribution in [0.25, 0.3) is 0 Å². The van der Waals surface area contributed by atoms with Crippen molar-refractivity contribution in [3.63, 3.8) is 0 Å². The Labute approximate surface area is 92.5 Å². The van der Waals surface area contributed by atoms with Crippen LogP contribution in [0.3, 0.4) is 0 Å². The molecule has 2 N–H and O–H groups in total. The van der Waals surface area contributed by atoms with Crippen molar-refractivity contribution >= 4 is 12.4 Å². The molecular formula is C12H20ClN. The first-order valence-corrected chi connectivity index (χ1v) is 5.73. The Bertz CT molecular complexity index is 247. The van der Waals surface area contributed by atoms with E-state index in [-0.39, 0.29) is 12.4 Å². The minimum atomic E-state index is 0. The second kappa shape index (κ2) is 3.53. The third kappa shape index (κ3) is 1.18. The predicted octanol–water partition coefficient (Wildman–Crippen LogP) is 2.89. The predicted molar refractivity (Wildman–Crippen MR) is 61.5 cm³/mol. The maximum absolute atomic E-state index is 6.40. The van der Waals surface area contributed by atoms with E-state index in [2.05, 4.69) is 12.2 Å². The van der Waals surface area contributed by atoms with Gasteiger partial charge >= 0.3 is 0 Å². The normalized spacial score (nSPS) is 49.6. The Morgan fingerprint density at radius 1 is 1.21 bits per heavy atom. The molecule has 0 aromatic heterocycles. The highest BCUT2D eigenvalue weighted by atomic mass is 35.5. The van der Waals surface area contributed by atoms with Crippen LogP contribution < -0.4 is 5.73 Å². The monoisotopic (exact) mass is 213 g/mol. The topological polar surface area (TPSA) is 26.0 Å². The van der Waals surface area contributed by atoms with Gasteiger partial charge in [-0.1, -0.05) is 12.2 Å². The summed E-state index contributed by atoms with van der Waals surface area (Å²) >= 11 is 0. The Morgan fingerprint density at radius 3 is 2.64 bits per heavy atom. The lowest BCUT2D eigenvalue weighted by atomic mass is 9.64. The molecule has 2 heteroatoms. The molecule has 0 unspecified atom stereocenters. The molecule has 2 saturated carbocycles. The van der Waals surface area contributed by atoms with E-state index in [9.17, 15) is 0 Å². The van der Waals surface area contributed by atoms with Gasteiger partial charge in [0, 0.05) is 6.04 Å². The number of allylic oxidation sites excluding steroid dienone is 2. The van der Waals surface area contributed by atoms with Gasteiger partial charge in [-0.25, -0.2) is 0 Å². The molecule has 14 heavy (non-hydrogen) atoms. The number of hydrogen-bond acceptors (Lipinski definition) is 1. The fraction of sp³-hybridized carbons (Fsp3) is 0.833. The van der Waals surface area contributed by atoms with Gasteiger partial charge in [-0.2, -0.15) is 0 Å². The molecule has 0 saturated heterocycles. The van der Waals surface area contributed by atoms with Gasteiger partial charge in [0.25, 0.3) is 0 Å². The van der Waals surface area contributed by atoms with Gasteiger partial charge in [-0.3, -0.25) is 0 Å². The van der Waals surface area contributed by atoms with Crippen molar-refractivity contribution in [2.24, 2.45) is 23.0 Å². The molecule has 0 aromatic carbocycles. The van der Waals surface area contributed by atoms with Crippen LogP contribution in [0.4, 0.5) is 0 Å². The average molecular weight is 214 g/mol. The zero-order valence-electron chi connectivity index (χ0n) is 8.61. The third-order valence-electron chi connectivity index (χ3n) is 4.90. The standard InChI is InChI=1S/C12H19N.ClH/c13-11-9-4-5-10(8-9)12(11)6-2-1-3-7-12;/h1-2,9-11H,3-8,13H2;1H/t9-,10+,11-,12-;/m1./s1. The summed E-state index contributed by atoms with van der Waals surface area (Å²) in [7, 11) is 0. The number of rotatable bonds is 0. The molecule has 3 aliphatic carbocycles. The molecule has 0 heterocycles. The SMILES string of the molecule is Cl.N[C@@H]1[C@@H]2CC[C@@H](C2)[C@]12CC=CCC2. The van der Waals surface area contributed by atoms with Crippen molar-refractivity contribution in [3.8, 4) is 0 Å². The molecule has 2 fully saturated rings. The Kier molecular flexibility index (Phi) is 2.65. The molecule has 1 spiro atoms. The van der Waals surface area contributed by atoms with Crippen LogP contribution in [0, 0.1) is 17.3 Å². The third-order valence-corrected chi connectivity index (χ3v) is 4.90. The van der Waals surface area contributed by atoms with Crippen LogP contribution in [0.2, 0.25) is 0 Å². The summed E-state index contributed by atoms with van der Waals surface area (Å²) in [5.41, 5.74) is 6.94. The lowest BCUT2D eigenvalue weighted by Crippen LogP contribution is -2.46. The maximum Gasteiger partial charge on any atom is 0.0130 e. The van der Waals surface area contributed by atoms with Crippen molar-refractivity contribution in [2.75, 3.05) is 0 Å². The molecule has 3 aliphatic rings. The van der Waals surface area contributed by atoms with E-state index < -0.39 is 0 Å². The number of halogens is 1. The molecule has 4 atom stereocenters. The van der Waals surface area contributed by atoms with Crippen molar-refractivity contribution in [2.45, 2.75) is 44.6 Å². The minimum absolute atomic E-state index is 0. The minimum Gasteiger partial charge on any atom is -0.327 e.